The summed E-state index contributed by atoms with van der Waals surface area (Å²) >= 11 is 0. The third kappa shape index (κ3) is 8.63. The molecule has 0 radical (unpaired) electrons. The van der Waals surface area contributed by atoms with E-state index in [0.29, 0.717) is 31.8 Å². The molecular weight excluding hydrogens is 478 g/mol. The predicted octanol–water partition coefficient (Wildman–Crippen LogP) is 1.42. The zero-order chi connectivity index (χ0) is 27.2. The molecule has 2 aliphatic rings. The number of likely N-dealkylation sites (tertiary alicyclic amines) is 1. The molecule has 206 valence electrons. The molecule has 2 fully saturated rings. The fourth-order valence-corrected chi connectivity index (χ4v) is 4.45. The van der Waals surface area contributed by atoms with Crippen molar-refractivity contribution in [3.63, 3.8) is 0 Å². The first-order valence-electron chi connectivity index (χ1n) is 13.2. The van der Waals surface area contributed by atoms with Crippen LogP contribution >= 0.6 is 0 Å². The van der Waals surface area contributed by atoms with Crippen molar-refractivity contribution in [2.75, 3.05) is 26.2 Å². The van der Waals surface area contributed by atoms with Crippen LogP contribution in [0.5, 0.6) is 0 Å². The van der Waals surface area contributed by atoms with Crippen LogP contribution in [0.25, 0.3) is 0 Å². The molecule has 11 heteroatoms. The van der Waals surface area contributed by atoms with Crippen LogP contribution in [0, 0.1) is 11.8 Å². The van der Waals surface area contributed by atoms with Gasteiger partial charge >= 0.3 is 0 Å². The SMILES string of the molecule is CC(C)CC(NC(=O)CNC(=O)[C@H](CC(C)C)NC(=O)c1cc(CN2CCCC2)on1)C(=O)C1(C)CO1. The molecular formula is C26H41N5O6. The normalized spacial score (nSPS) is 21.1. The fourth-order valence-electron chi connectivity index (χ4n) is 4.45. The first-order chi connectivity index (χ1) is 17.5. The minimum Gasteiger partial charge on any atom is -0.361 e. The number of hydrogen-bond acceptors (Lipinski definition) is 8. The minimum absolute atomic E-state index is 0.110. The van der Waals surface area contributed by atoms with Gasteiger partial charge in [0.1, 0.15) is 11.6 Å². The van der Waals surface area contributed by atoms with Crippen molar-refractivity contribution in [3.8, 4) is 0 Å². The van der Waals surface area contributed by atoms with Crippen LogP contribution in [-0.2, 0) is 25.7 Å². The average molecular weight is 520 g/mol. The van der Waals surface area contributed by atoms with Crippen molar-refractivity contribution in [3.05, 3.63) is 17.5 Å². The monoisotopic (exact) mass is 519 g/mol. The number of ether oxygens (including phenoxy) is 1. The van der Waals surface area contributed by atoms with Crippen molar-refractivity contribution in [1.29, 1.82) is 0 Å². The molecule has 37 heavy (non-hydrogen) atoms. The summed E-state index contributed by atoms with van der Waals surface area (Å²) in [7, 11) is 0. The maximum absolute atomic E-state index is 12.9. The second kappa shape index (κ2) is 12.6. The molecule has 3 N–H and O–H groups in total. The molecule has 1 aromatic heterocycles. The topological polar surface area (TPSA) is 146 Å². The second-order valence-electron chi connectivity index (χ2n) is 11.2. The number of epoxide rings is 1. The summed E-state index contributed by atoms with van der Waals surface area (Å²) < 4.78 is 10.6. The van der Waals surface area contributed by atoms with E-state index in [1.807, 2.05) is 27.7 Å². The fraction of sp³-hybridized carbons (Fsp3) is 0.731. The van der Waals surface area contributed by atoms with Crippen LogP contribution in [0.1, 0.15) is 76.6 Å². The van der Waals surface area contributed by atoms with E-state index in [1.165, 1.54) is 0 Å². The molecule has 3 heterocycles. The maximum atomic E-state index is 12.9. The third-order valence-corrected chi connectivity index (χ3v) is 6.58. The molecule has 2 saturated heterocycles. The number of Topliss-reactive ketones (excluding diaryl/α,β-unsaturated/α-hetero) is 1. The summed E-state index contributed by atoms with van der Waals surface area (Å²) in [4.78, 5) is 53.3. The van der Waals surface area contributed by atoms with Gasteiger partial charge < -0.3 is 25.2 Å². The Bertz CT molecular complexity index is 964. The smallest absolute Gasteiger partial charge is 0.274 e. The summed E-state index contributed by atoms with van der Waals surface area (Å²) in [5.41, 5.74) is -0.739. The Balaban J connectivity index is 1.53. The van der Waals surface area contributed by atoms with Gasteiger partial charge in [0.2, 0.25) is 11.8 Å². The molecule has 0 aromatic carbocycles. The predicted molar refractivity (Wildman–Crippen MR) is 135 cm³/mol. The highest BCUT2D eigenvalue weighted by Gasteiger charge is 2.50. The van der Waals surface area contributed by atoms with Gasteiger partial charge in [-0.15, -0.1) is 0 Å². The van der Waals surface area contributed by atoms with Gasteiger partial charge in [-0.25, -0.2) is 0 Å². The van der Waals surface area contributed by atoms with Crippen molar-refractivity contribution in [1.82, 2.24) is 26.0 Å². The lowest BCUT2D eigenvalue weighted by atomic mass is 9.93. The first kappa shape index (κ1) is 28.8. The molecule has 0 bridgehead atoms. The summed E-state index contributed by atoms with van der Waals surface area (Å²) in [5, 5.41) is 11.9. The van der Waals surface area contributed by atoms with Gasteiger partial charge in [-0.2, -0.15) is 0 Å². The van der Waals surface area contributed by atoms with Gasteiger partial charge in [0.25, 0.3) is 5.91 Å². The zero-order valence-corrected chi connectivity index (χ0v) is 22.6. The van der Waals surface area contributed by atoms with Crippen molar-refractivity contribution in [2.24, 2.45) is 11.8 Å². The molecule has 11 nitrogen and oxygen atoms in total. The van der Waals surface area contributed by atoms with E-state index in [4.69, 9.17) is 9.26 Å². The van der Waals surface area contributed by atoms with E-state index in [-0.39, 0.29) is 29.9 Å². The highest BCUT2D eigenvalue weighted by Crippen LogP contribution is 2.29. The molecule has 0 spiro atoms. The molecule has 0 aliphatic carbocycles. The lowest BCUT2D eigenvalue weighted by Crippen LogP contribution is -2.52. The highest BCUT2D eigenvalue weighted by atomic mass is 16.6. The number of rotatable bonds is 14. The van der Waals surface area contributed by atoms with E-state index in [2.05, 4.69) is 26.0 Å². The molecule has 2 aliphatic heterocycles. The van der Waals surface area contributed by atoms with Crippen LogP contribution in [-0.4, -0.2) is 77.5 Å². The summed E-state index contributed by atoms with van der Waals surface area (Å²) in [5.74, 6) is -0.741. The number of amides is 3. The Morgan fingerprint density at radius 3 is 2.24 bits per heavy atom. The van der Waals surface area contributed by atoms with E-state index < -0.39 is 35.4 Å². The zero-order valence-electron chi connectivity index (χ0n) is 22.6. The number of hydrogen-bond donors (Lipinski definition) is 3. The summed E-state index contributed by atoms with van der Waals surface area (Å²) in [6, 6.07) is 0.0531. The second-order valence-corrected chi connectivity index (χ2v) is 11.2. The number of aromatic nitrogens is 1. The Kier molecular flexibility index (Phi) is 9.83. The van der Waals surface area contributed by atoms with Crippen LogP contribution in [0.15, 0.2) is 10.6 Å². The van der Waals surface area contributed by atoms with Crippen molar-refractivity contribution >= 4 is 23.5 Å². The largest absolute Gasteiger partial charge is 0.361 e. The molecule has 3 rings (SSSR count). The number of nitrogens with one attached hydrogen (secondary N) is 3. The molecule has 1 aromatic rings. The molecule has 3 atom stereocenters. The van der Waals surface area contributed by atoms with Gasteiger partial charge in [0.05, 0.1) is 25.7 Å². The lowest BCUT2D eigenvalue weighted by Gasteiger charge is -2.22. The number of ketones is 1. The molecule has 3 amide bonds. The van der Waals surface area contributed by atoms with Crippen LogP contribution in [0.2, 0.25) is 0 Å². The van der Waals surface area contributed by atoms with Gasteiger partial charge in [0, 0.05) is 6.07 Å². The average Bonchev–Trinajstić information content (AvgIpc) is 3.20. The highest BCUT2D eigenvalue weighted by molar-refractivity contribution is 5.98. The van der Waals surface area contributed by atoms with Gasteiger partial charge in [-0.3, -0.25) is 24.1 Å². The van der Waals surface area contributed by atoms with Gasteiger partial charge in [-0.1, -0.05) is 32.9 Å². The van der Waals surface area contributed by atoms with Crippen LogP contribution < -0.4 is 16.0 Å². The Morgan fingerprint density at radius 2 is 1.65 bits per heavy atom. The summed E-state index contributed by atoms with van der Waals surface area (Å²) in [6.07, 6.45) is 3.14. The van der Waals surface area contributed by atoms with Gasteiger partial charge in [-0.05, 0) is 57.5 Å². The summed E-state index contributed by atoms with van der Waals surface area (Å²) in [6.45, 7) is 12.1. The van der Waals surface area contributed by atoms with E-state index >= 15 is 0 Å². The Morgan fingerprint density at radius 1 is 1.03 bits per heavy atom. The Hall–Kier alpha value is -2.79. The lowest BCUT2D eigenvalue weighted by molar-refractivity contribution is -0.131. The minimum atomic E-state index is -0.856. The number of carbonyl (C=O) groups is 4. The standard InChI is InChI=1S/C26H41N5O6/c1-16(2)10-19(23(33)26(5)15-36-26)28-22(32)13-27-24(34)20(11-17(3)4)29-25(35)21-12-18(37-30-21)14-31-8-6-7-9-31/h12,16-17,19-20H,6-11,13-15H2,1-5H3,(H,27,34)(H,28,32)(H,29,35)/t19?,20-,26?/m0/s1. The van der Waals surface area contributed by atoms with Crippen LogP contribution in [0.3, 0.4) is 0 Å². The van der Waals surface area contributed by atoms with Crippen molar-refractivity contribution < 1.29 is 28.4 Å². The Labute approximate surface area is 218 Å². The number of carbonyl (C=O) groups excluding carboxylic acids is 4. The third-order valence-electron chi connectivity index (χ3n) is 6.58. The van der Waals surface area contributed by atoms with Gasteiger partial charge in [0.15, 0.2) is 17.2 Å². The molecule has 0 saturated carbocycles. The van der Waals surface area contributed by atoms with E-state index in [0.717, 1.165) is 25.9 Å². The number of nitrogens with zero attached hydrogens (tertiary/aromatic N) is 2. The first-order valence-corrected chi connectivity index (χ1v) is 13.2. The van der Waals surface area contributed by atoms with E-state index in [9.17, 15) is 19.2 Å². The van der Waals surface area contributed by atoms with E-state index in [1.54, 1.807) is 13.0 Å². The quantitative estimate of drug-likeness (QED) is 0.313. The van der Waals surface area contributed by atoms with Crippen molar-refractivity contribution in [2.45, 2.75) is 84.5 Å². The maximum Gasteiger partial charge on any atom is 0.274 e. The molecule has 2 unspecified atom stereocenters. The van der Waals surface area contributed by atoms with Crippen LogP contribution in [0.4, 0.5) is 0 Å².